The van der Waals surface area contributed by atoms with Gasteiger partial charge in [-0.2, -0.15) is 0 Å². The predicted molar refractivity (Wildman–Crippen MR) is 564 cm³/mol. The zero-order valence-corrected chi connectivity index (χ0v) is 89.1. The molecule has 804 valence electrons. The summed E-state index contributed by atoms with van der Waals surface area (Å²) in [5.74, 6) is -0.100. The van der Waals surface area contributed by atoms with Crippen LogP contribution in [0.15, 0.2) is 91.0 Å². The summed E-state index contributed by atoms with van der Waals surface area (Å²) >= 11 is 12.6. The van der Waals surface area contributed by atoms with Crippen LogP contribution in [0.5, 0.6) is 5.75 Å². The molecule has 8 fully saturated rings. The van der Waals surface area contributed by atoms with Gasteiger partial charge < -0.3 is 112 Å². The SMILES string of the molecule is CNC[C@@H](NC(=O)N1CCC[C@@H]([C@@](O)(CCCCOC)c2ccccc2F)C1)[C@@H](O)C1CCCCC1.CNC[C@H](CC1CCCCC1)NC(=O)N1CCC[C@@H]([C@@](O)(CCCCOC)c2cccc(F)c2O)C1.CN[C@H](CNC(=O)N1CCC[C@@H]([C@@](O)(CCCCOC)c2cccc(Cl)c2)C1)CC1CCCCC1.COCCCC[C@@](O)(c1cccc(Cl)c1)[C@@H]1CCCN(C(=O)N[C@@H](CC2CCCCC2)[C@@H](C)N)C1. The second kappa shape index (κ2) is 63.5. The molecule has 4 saturated carbocycles. The van der Waals surface area contributed by atoms with E-state index >= 15 is 0 Å². The van der Waals surface area contributed by atoms with Crippen LogP contribution in [0.2, 0.25) is 10.0 Å². The summed E-state index contributed by atoms with van der Waals surface area (Å²) in [6, 6.07) is 25.3. The summed E-state index contributed by atoms with van der Waals surface area (Å²) in [5.41, 5.74) is 3.61. The lowest BCUT2D eigenvalue weighted by Crippen LogP contribution is -2.57. The van der Waals surface area contributed by atoms with Gasteiger partial charge in [0.25, 0.3) is 0 Å². The fourth-order valence-corrected chi connectivity index (χ4v) is 24.6. The number of aliphatic hydroxyl groups excluding tert-OH is 1. The van der Waals surface area contributed by atoms with E-state index in [0.717, 1.165) is 152 Å². The number of methoxy groups -OCH3 is 4. The Morgan fingerprint density at radius 1 is 0.415 bits per heavy atom. The summed E-state index contributed by atoms with van der Waals surface area (Å²) in [6.07, 6.45) is 41.9. The van der Waals surface area contributed by atoms with Gasteiger partial charge in [-0.1, -0.05) is 193 Å². The lowest BCUT2D eigenvalue weighted by Gasteiger charge is -2.43. The number of nitrogens with zero attached hydrogens (tertiary/aromatic N) is 4. The normalized spacial score (nSPS) is 22.3. The fraction of sp³-hybridized carbons (Fsp3) is 0.750. The molecular formula is C112H184Cl2F2N12O14. The summed E-state index contributed by atoms with van der Waals surface area (Å²) < 4.78 is 49.9. The van der Waals surface area contributed by atoms with Crippen LogP contribution in [0.3, 0.4) is 0 Å². The monoisotopic (exact) mass is 2030 g/mol. The van der Waals surface area contributed by atoms with E-state index in [9.17, 15) is 58.6 Å². The molecule has 4 saturated heterocycles. The number of likely N-dealkylation sites (N-methyl/N-ethyl adjacent to an activating group) is 3. The highest BCUT2D eigenvalue weighted by molar-refractivity contribution is 6.31. The van der Waals surface area contributed by atoms with Gasteiger partial charge in [-0.05, 0) is 260 Å². The Morgan fingerprint density at radius 3 is 1.18 bits per heavy atom. The summed E-state index contributed by atoms with van der Waals surface area (Å²) in [4.78, 5) is 60.5. The van der Waals surface area contributed by atoms with Crippen LogP contribution < -0.4 is 43.0 Å². The molecule has 4 heterocycles. The van der Waals surface area contributed by atoms with Gasteiger partial charge in [0, 0.05) is 196 Å². The first-order chi connectivity index (χ1) is 68.6. The molecule has 4 aromatic carbocycles. The average molecular weight is 2030 g/mol. The van der Waals surface area contributed by atoms with Gasteiger partial charge in [0.1, 0.15) is 5.82 Å². The molecule has 0 aromatic heterocycles. The topological polar surface area (TPSA) is 350 Å². The van der Waals surface area contributed by atoms with Crippen LogP contribution in [0.25, 0.3) is 0 Å². The third kappa shape index (κ3) is 37.2. The maximum absolute atomic E-state index is 14.9. The molecule has 8 amide bonds. The Bertz CT molecular complexity index is 4230. The zero-order valence-electron chi connectivity index (χ0n) is 87.6. The molecule has 15 N–H and O–H groups in total. The van der Waals surface area contributed by atoms with Gasteiger partial charge in [0.15, 0.2) is 11.6 Å². The van der Waals surface area contributed by atoms with Crippen molar-refractivity contribution in [2.75, 3.05) is 148 Å². The highest BCUT2D eigenvalue weighted by atomic mass is 35.5. The zero-order chi connectivity index (χ0) is 102. The molecule has 14 atom stereocenters. The number of urea groups is 4. The smallest absolute Gasteiger partial charge is 0.317 e. The second-order valence-corrected chi connectivity index (χ2v) is 43.7. The molecule has 0 radical (unpaired) electrons. The number of rotatable bonds is 47. The summed E-state index contributed by atoms with van der Waals surface area (Å²) in [7, 11) is 12.4. The first-order valence-corrected chi connectivity index (χ1v) is 55.5. The number of carbonyl (C=O) groups excluding carboxylic acids is 4. The summed E-state index contributed by atoms with van der Waals surface area (Å²) in [6.45, 7) is 10.7. The van der Waals surface area contributed by atoms with Crippen molar-refractivity contribution in [1.82, 2.24) is 56.8 Å². The number of phenolic OH excluding ortho intramolecular Hbond substituents is 1. The number of ether oxygens (including phenoxy) is 4. The number of likely N-dealkylation sites (tertiary alicyclic amines) is 4. The van der Waals surface area contributed by atoms with E-state index in [-0.39, 0.29) is 83.4 Å². The minimum Gasteiger partial charge on any atom is -0.505 e. The molecule has 0 bridgehead atoms. The van der Waals surface area contributed by atoms with Crippen molar-refractivity contribution in [2.24, 2.45) is 53.1 Å². The number of aliphatic hydroxyl groups is 5. The highest BCUT2D eigenvalue weighted by Crippen LogP contribution is 2.48. The maximum Gasteiger partial charge on any atom is 0.317 e. The lowest BCUT2D eigenvalue weighted by atomic mass is 9.73. The molecule has 26 nitrogen and oxygen atoms in total. The number of benzene rings is 4. The van der Waals surface area contributed by atoms with Crippen molar-refractivity contribution in [3.63, 3.8) is 0 Å². The molecule has 4 aliphatic carbocycles. The number of nitrogens with one attached hydrogen (secondary N) is 7. The first kappa shape index (κ1) is 119. The Balaban J connectivity index is 0.000000211. The Morgan fingerprint density at radius 2 is 0.775 bits per heavy atom. The number of unbranched alkanes of at least 4 members (excludes halogenated alkanes) is 4. The highest BCUT2D eigenvalue weighted by Gasteiger charge is 2.48. The number of amides is 8. The van der Waals surface area contributed by atoms with E-state index in [1.54, 1.807) is 62.5 Å². The summed E-state index contributed by atoms with van der Waals surface area (Å²) in [5, 5.41) is 93.2. The number of hydrogen-bond acceptors (Lipinski definition) is 18. The molecule has 8 aliphatic rings. The largest absolute Gasteiger partial charge is 0.505 e. The molecule has 142 heavy (non-hydrogen) atoms. The minimum atomic E-state index is -1.44. The Labute approximate surface area is 860 Å². The third-order valence-electron chi connectivity index (χ3n) is 32.5. The van der Waals surface area contributed by atoms with E-state index in [4.69, 9.17) is 47.9 Å². The average Bonchev–Trinajstić information content (AvgIpc) is 0.786. The molecule has 30 heteroatoms. The molecule has 4 aliphatic heterocycles. The van der Waals surface area contributed by atoms with Crippen molar-refractivity contribution < 1.29 is 77.5 Å². The number of nitrogens with two attached hydrogens (primary N) is 1. The predicted octanol–water partition coefficient (Wildman–Crippen LogP) is 19.1. The number of aromatic hydroxyl groups is 1. The van der Waals surface area contributed by atoms with Crippen LogP contribution in [-0.2, 0) is 41.4 Å². The second-order valence-electron chi connectivity index (χ2n) is 42.8. The van der Waals surface area contributed by atoms with Crippen LogP contribution in [0, 0.1) is 59.0 Å². The van der Waals surface area contributed by atoms with Crippen LogP contribution in [0.1, 0.15) is 305 Å². The molecule has 0 spiro atoms. The number of carbonyl (C=O) groups is 4. The van der Waals surface area contributed by atoms with E-state index < -0.39 is 45.9 Å². The number of para-hydroxylation sites is 1. The van der Waals surface area contributed by atoms with E-state index in [2.05, 4.69) is 37.2 Å². The van der Waals surface area contributed by atoms with Crippen LogP contribution in [0.4, 0.5) is 28.0 Å². The molecule has 0 unspecified atom stereocenters. The van der Waals surface area contributed by atoms with E-state index in [0.29, 0.717) is 170 Å². The van der Waals surface area contributed by atoms with Gasteiger partial charge in [-0.3, -0.25) is 0 Å². The van der Waals surface area contributed by atoms with Crippen LogP contribution in [-0.4, -0.2) is 259 Å². The van der Waals surface area contributed by atoms with Gasteiger partial charge in [-0.25, -0.2) is 28.0 Å². The quantitative estimate of drug-likeness (QED) is 0.0183. The number of halogens is 4. The number of piperidine rings is 4. The minimum absolute atomic E-state index is 0.0214. The maximum atomic E-state index is 14.9. The first-order valence-electron chi connectivity index (χ1n) is 54.8. The van der Waals surface area contributed by atoms with Crippen LogP contribution >= 0.6 is 23.2 Å². The molecular weight excluding hydrogens is 1850 g/mol. The third-order valence-corrected chi connectivity index (χ3v) is 33.0. The van der Waals surface area contributed by atoms with Crippen molar-refractivity contribution >= 4 is 47.3 Å². The van der Waals surface area contributed by atoms with Crippen molar-refractivity contribution in [1.29, 1.82) is 0 Å². The Hall–Kier alpha value is -6.32. The standard InChI is InChI=1S/2C28H46ClN3O3.2C28H46FN3O4/c1-30-26(18-22-10-4-3-5-11-22)20-31-27(33)32-16-9-13-24(21-32)28(34,15-6-7-17-35-2)23-12-8-14-25(29)19-23;1-21(30)26(18-22-10-4-3-5-11-22)31-27(33)32-16-9-13-24(20-32)28(34,15-6-7-17-35-2)23-12-8-14-25(29)19-23;1-30-19-23(18-21-10-4-3-5-11-21)31-27(34)32-16-9-12-22(20-32)28(35,15-6-7-17-36-2)24-13-8-14-25(29)26(24)33;1-30-19-25(26(33)21-11-4-3-5-12-21)31-27(34)32-17-10-13-22(20-32)28(35,16-8-9-18-36-2)23-14-6-7-15-24(23)29/h8,12,14,19,22,24,26,30,34H,3-7,9-11,13,15-18,20-21H2,1-2H3,(H,31,33);8,12,14,19,21-22,24,26,34H,3-7,9-11,13,15-18,20,30H2,1-2H3,(H,31,33);8,13-14,21-23,30,33,35H,3-7,9-12,15-20H2,1-2H3,(H,31,34);6-7,14-15,21-22,25-26,30,33,35H,3-5,8-13,16-20H2,1-2H3,(H,31,34)/t24-,26+,28-;21-,24-,26+,28-;22-,23+,28+;22-,25-,26+,28+/m1111/s1. The van der Waals surface area contributed by atoms with Gasteiger partial charge in [-0.15, -0.1) is 0 Å². The molecule has 4 aromatic rings. The van der Waals surface area contributed by atoms with Gasteiger partial charge in [0.05, 0.1) is 34.6 Å². The fourth-order valence-electron chi connectivity index (χ4n) is 24.2. The molecule has 12 rings (SSSR count). The number of phenols is 1. The lowest BCUT2D eigenvalue weighted by molar-refractivity contribution is -0.0592. The van der Waals surface area contributed by atoms with Gasteiger partial charge in [0.2, 0.25) is 0 Å². The number of hydrogen-bond donors (Lipinski definition) is 14. The van der Waals surface area contributed by atoms with Gasteiger partial charge >= 0.3 is 24.1 Å². The Kier molecular flexibility index (Phi) is 53.3. The van der Waals surface area contributed by atoms with Crippen molar-refractivity contribution in [3.05, 3.63) is 135 Å². The van der Waals surface area contributed by atoms with Crippen molar-refractivity contribution in [2.45, 2.75) is 342 Å². The van der Waals surface area contributed by atoms with Crippen molar-refractivity contribution in [3.8, 4) is 5.75 Å². The van der Waals surface area contributed by atoms with E-state index in [1.807, 2.05) is 86.4 Å². The van der Waals surface area contributed by atoms with E-state index in [1.165, 1.54) is 121 Å².